The summed E-state index contributed by atoms with van der Waals surface area (Å²) in [6.45, 7) is 6.66. The van der Waals surface area contributed by atoms with Gasteiger partial charge in [-0.25, -0.2) is 0 Å². The first-order chi connectivity index (χ1) is 12.7. The Balaban J connectivity index is 1.52. The quantitative estimate of drug-likeness (QED) is 0.372. The van der Waals surface area contributed by atoms with Crippen LogP contribution in [0.4, 0.5) is 0 Å². The number of hydrogen-bond donors (Lipinski definition) is 2. The van der Waals surface area contributed by atoms with Crippen molar-refractivity contribution in [3.8, 4) is 0 Å². The maximum absolute atomic E-state index is 11.8. The van der Waals surface area contributed by atoms with Crippen LogP contribution in [-0.4, -0.2) is 56.6 Å². The van der Waals surface area contributed by atoms with Gasteiger partial charge in [-0.1, -0.05) is 6.07 Å². The standard InChI is InChI=1S/C19H32N4O3/c1-16-7-5-8-18(24)23(16)12-4-3-10-21-19(20-2)22-11-6-13-26-17-9-14-25-15-17/h5,7-8,17H,3-4,6,9-15H2,1-2H3,(H2,20,21,22). The molecule has 2 heterocycles. The van der Waals surface area contributed by atoms with Crippen LogP contribution < -0.4 is 16.2 Å². The van der Waals surface area contributed by atoms with E-state index in [1.807, 2.05) is 17.6 Å². The van der Waals surface area contributed by atoms with Gasteiger partial charge in [-0.3, -0.25) is 9.79 Å². The fraction of sp³-hybridized carbons (Fsp3) is 0.684. The number of pyridine rings is 1. The van der Waals surface area contributed by atoms with E-state index in [4.69, 9.17) is 9.47 Å². The van der Waals surface area contributed by atoms with E-state index in [1.165, 1.54) is 0 Å². The van der Waals surface area contributed by atoms with E-state index in [2.05, 4.69) is 15.6 Å². The third-order valence-corrected chi connectivity index (χ3v) is 4.45. The van der Waals surface area contributed by atoms with Crippen molar-refractivity contribution in [1.82, 2.24) is 15.2 Å². The molecule has 26 heavy (non-hydrogen) atoms. The molecule has 2 N–H and O–H groups in total. The van der Waals surface area contributed by atoms with Crippen molar-refractivity contribution >= 4 is 5.96 Å². The van der Waals surface area contributed by atoms with Crippen LogP contribution in [0.25, 0.3) is 0 Å². The minimum absolute atomic E-state index is 0.0711. The number of nitrogens with one attached hydrogen (secondary N) is 2. The Kier molecular flexibility index (Phi) is 9.20. The highest BCUT2D eigenvalue weighted by Crippen LogP contribution is 2.07. The monoisotopic (exact) mass is 364 g/mol. The fourth-order valence-corrected chi connectivity index (χ4v) is 2.91. The van der Waals surface area contributed by atoms with Gasteiger partial charge in [-0.15, -0.1) is 0 Å². The Hall–Kier alpha value is -1.86. The van der Waals surface area contributed by atoms with Gasteiger partial charge in [-0.2, -0.15) is 0 Å². The van der Waals surface area contributed by atoms with Crippen molar-refractivity contribution in [2.24, 2.45) is 4.99 Å². The van der Waals surface area contributed by atoms with E-state index in [0.717, 1.165) is 76.8 Å². The van der Waals surface area contributed by atoms with Gasteiger partial charge in [-0.05, 0) is 38.7 Å². The number of nitrogens with zero attached hydrogens (tertiary/aromatic N) is 2. The Bertz CT molecular complexity index is 609. The number of aliphatic imine (C=N–C) groups is 1. The van der Waals surface area contributed by atoms with Gasteiger partial charge in [0.2, 0.25) is 0 Å². The smallest absolute Gasteiger partial charge is 0.250 e. The predicted molar refractivity (Wildman–Crippen MR) is 104 cm³/mol. The fourth-order valence-electron chi connectivity index (χ4n) is 2.91. The number of guanidine groups is 1. The van der Waals surface area contributed by atoms with E-state index in [9.17, 15) is 4.79 Å². The van der Waals surface area contributed by atoms with Crippen LogP contribution in [0, 0.1) is 6.92 Å². The molecule has 2 rings (SSSR count). The molecule has 7 heteroatoms. The molecule has 0 aromatic carbocycles. The first kappa shape index (κ1) is 20.5. The molecular formula is C19H32N4O3. The van der Waals surface area contributed by atoms with Gasteiger partial charge < -0.3 is 24.7 Å². The maximum Gasteiger partial charge on any atom is 0.250 e. The van der Waals surface area contributed by atoms with Crippen LogP contribution in [0.5, 0.6) is 0 Å². The first-order valence-electron chi connectivity index (χ1n) is 9.51. The van der Waals surface area contributed by atoms with Crippen molar-refractivity contribution in [2.75, 3.05) is 40.0 Å². The van der Waals surface area contributed by atoms with Crippen molar-refractivity contribution in [2.45, 2.75) is 45.3 Å². The average Bonchev–Trinajstić information content (AvgIpc) is 3.15. The maximum atomic E-state index is 11.8. The number of ether oxygens (including phenoxy) is 2. The molecule has 0 radical (unpaired) electrons. The third-order valence-electron chi connectivity index (χ3n) is 4.45. The molecule has 0 spiro atoms. The largest absolute Gasteiger partial charge is 0.379 e. The van der Waals surface area contributed by atoms with Gasteiger partial charge in [0.05, 0.1) is 12.7 Å². The molecule has 1 saturated heterocycles. The van der Waals surface area contributed by atoms with Gasteiger partial charge in [0.15, 0.2) is 5.96 Å². The zero-order valence-electron chi connectivity index (χ0n) is 16.0. The Morgan fingerprint density at radius 2 is 2.12 bits per heavy atom. The highest BCUT2D eigenvalue weighted by molar-refractivity contribution is 5.79. The summed E-state index contributed by atoms with van der Waals surface area (Å²) in [7, 11) is 1.77. The number of hydrogen-bond acceptors (Lipinski definition) is 4. The summed E-state index contributed by atoms with van der Waals surface area (Å²) in [6.07, 6.45) is 4.14. The van der Waals surface area contributed by atoms with Crippen LogP contribution in [0.15, 0.2) is 28.0 Å². The summed E-state index contributed by atoms with van der Waals surface area (Å²) in [4.78, 5) is 16.0. The Labute approximate surface area is 155 Å². The molecule has 0 amide bonds. The zero-order chi connectivity index (χ0) is 18.6. The zero-order valence-corrected chi connectivity index (χ0v) is 16.0. The van der Waals surface area contributed by atoms with Gasteiger partial charge >= 0.3 is 0 Å². The topological polar surface area (TPSA) is 76.9 Å². The molecule has 1 fully saturated rings. The van der Waals surface area contributed by atoms with Crippen LogP contribution in [0.2, 0.25) is 0 Å². The van der Waals surface area contributed by atoms with Gasteiger partial charge in [0.1, 0.15) is 0 Å². The lowest BCUT2D eigenvalue weighted by Crippen LogP contribution is -2.38. The van der Waals surface area contributed by atoms with E-state index in [0.29, 0.717) is 0 Å². The number of rotatable bonds is 10. The summed E-state index contributed by atoms with van der Waals surface area (Å²) >= 11 is 0. The molecule has 7 nitrogen and oxygen atoms in total. The van der Waals surface area contributed by atoms with Crippen molar-refractivity contribution in [1.29, 1.82) is 0 Å². The lowest BCUT2D eigenvalue weighted by atomic mass is 10.3. The van der Waals surface area contributed by atoms with E-state index >= 15 is 0 Å². The Morgan fingerprint density at radius 1 is 1.31 bits per heavy atom. The molecule has 1 atom stereocenters. The van der Waals surface area contributed by atoms with E-state index in [-0.39, 0.29) is 11.7 Å². The first-order valence-corrected chi connectivity index (χ1v) is 9.51. The van der Waals surface area contributed by atoms with Crippen LogP contribution in [-0.2, 0) is 16.0 Å². The van der Waals surface area contributed by atoms with Gasteiger partial charge in [0.25, 0.3) is 5.56 Å². The summed E-state index contributed by atoms with van der Waals surface area (Å²) in [5.41, 5.74) is 1.08. The van der Waals surface area contributed by atoms with Crippen molar-refractivity contribution in [3.63, 3.8) is 0 Å². The highest BCUT2D eigenvalue weighted by atomic mass is 16.5. The minimum atomic E-state index is 0.0711. The molecule has 1 aliphatic rings. The predicted octanol–water partition coefficient (Wildman–Crippen LogP) is 1.30. The number of aryl methyl sites for hydroxylation is 1. The summed E-state index contributed by atoms with van der Waals surface area (Å²) in [5.74, 6) is 0.808. The molecule has 146 valence electrons. The third kappa shape index (κ3) is 7.17. The molecule has 0 saturated carbocycles. The SMILES string of the molecule is CN=C(NCCCCn1c(C)cccc1=O)NCCCOC1CCOC1. The average molecular weight is 364 g/mol. The molecule has 0 bridgehead atoms. The molecule has 0 aliphatic carbocycles. The van der Waals surface area contributed by atoms with E-state index < -0.39 is 0 Å². The molecular weight excluding hydrogens is 332 g/mol. The highest BCUT2D eigenvalue weighted by Gasteiger charge is 2.15. The van der Waals surface area contributed by atoms with Crippen LogP contribution in [0.3, 0.4) is 0 Å². The lowest BCUT2D eigenvalue weighted by molar-refractivity contribution is 0.0420. The molecule has 1 aromatic rings. The van der Waals surface area contributed by atoms with Crippen molar-refractivity contribution in [3.05, 3.63) is 34.2 Å². The van der Waals surface area contributed by atoms with Crippen molar-refractivity contribution < 1.29 is 9.47 Å². The number of unbranched alkanes of at least 4 members (excludes halogenated alkanes) is 1. The van der Waals surface area contributed by atoms with Crippen LogP contribution >= 0.6 is 0 Å². The van der Waals surface area contributed by atoms with Crippen LogP contribution in [0.1, 0.15) is 31.4 Å². The second kappa shape index (κ2) is 11.7. The Morgan fingerprint density at radius 3 is 2.81 bits per heavy atom. The minimum Gasteiger partial charge on any atom is -0.379 e. The normalized spacial score (nSPS) is 17.5. The second-order valence-corrected chi connectivity index (χ2v) is 6.50. The second-order valence-electron chi connectivity index (χ2n) is 6.50. The summed E-state index contributed by atoms with van der Waals surface area (Å²) < 4.78 is 12.8. The summed E-state index contributed by atoms with van der Waals surface area (Å²) in [5, 5.41) is 6.60. The molecule has 1 unspecified atom stereocenters. The van der Waals surface area contributed by atoms with Gasteiger partial charge in [0, 0.05) is 51.7 Å². The lowest BCUT2D eigenvalue weighted by Gasteiger charge is -2.13. The molecule has 1 aromatic heterocycles. The number of aromatic nitrogens is 1. The summed E-state index contributed by atoms with van der Waals surface area (Å²) in [6, 6.07) is 5.38. The molecule has 1 aliphatic heterocycles. The van der Waals surface area contributed by atoms with E-state index in [1.54, 1.807) is 19.2 Å².